The van der Waals surface area contributed by atoms with Crippen molar-refractivity contribution < 1.29 is 9.53 Å². The summed E-state index contributed by atoms with van der Waals surface area (Å²) < 4.78 is 7.98. The van der Waals surface area contributed by atoms with E-state index in [4.69, 9.17) is 4.74 Å². The van der Waals surface area contributed by atoms with Gasteiger partial charge in [-0.1, -0.05) is 13.8 Å². The second kappa shape index (κ2) is 7.85. The highest BCUT2D eigenvalue weighted by molar-refractivity contribution is 5.99. The highest BCUT2D eigenvalue weighted by atomic mass is 16.5. The van der Waals surface area contributed by atoms with Gasteiger partial charge in [-0.2, -0.15) is 0 Å². The van der Waals surface area contributed by atoms with E-state index in [1.165, 1.54) is 17.5 Å². The van der Waals surface area contributed by atoms with E-state index < -0.39 is 0 Å². The largest absolute Gasteiger partial charge is 0.493 e. The molecular formula is C21H28N2O2. The lowest BCUT2D eigenvalue weighted by Crippen LogP contribution is -2.21. The number of hydrogen-bond acceptors (Lipinski definition) is 3. The Morgan fingerprint density at radius 2 is 2.04 bits per heavy atom. The molecule has 1 aromatic heterocycles. The minimum absolute atomic E-state index is 0.0682. The zero-order chi connectivity index (χ0) is 17.8. The van der Waals surface area contributed by atoms with Gasteiger partial charge in [0.25, 0.3) is 0 Å². The number of benzene rings is 1. The van der Waals surface area contributed by atoms with Crippen molar-refractivity contribution in [1.82, 2.24) is 9.55 Å². The molecule has 0 bridgehead atoms. The fourth-order valence-corrected chi connectivity index (χ4v) is 3.65. The summed E-state index contributed by atoms with van der Waals surface area (Å²) >= 11 is 0. The van der Waals surface area contributed by atoms with E-state index in [0.29, 0.717) is 6.54 Å². The van der Waals surface area contributed by atoms with Gasteiger partial charge in [0, 0.05) is 30.4 Å². The highest BCUT2D eigenvalue weighted by Gasteiger charge is 2.24. The Hall–Kier alpha value is -2.10. The first-order chi connectivity index (χ1) is 12.1. The minimum atomic E-state index is -0.0682. The Kier molecular flexibility index (Phi) is 5.57. The SMILES string of the molecule is CCCOc1ccc(C(=O)C(C)Cn2ccnc2C)c2c1CCCC2. The summed E-state index contributed by atoms with van der Waals surface area (Å²) in [7, 11) is 0. The number of rotatable bonds is 7. The van der Waals surface area contributed by atoms with Crippen LogP contribution < -0.4 is 4.74 Å². The highest BCUT2D eigenvalue weighted by Crippen LogP contribution is 2.33. The van der Waals surface area contributed by atoms with Gasteiger partial charge in [-0.15, -0.1) is 0 Å². The first-order valence-electron chi connectivity index (χ1n) is 9.41. The van der Waals surface area contributed by atoms with Crippen LogP contribution in [0.4, 0.5) is 0 Å². The van der Waals surface area contributed by atoms with Gasteiger partial charge in [-0.05, 0) is 62.3 Å². The molecule has 0 radical (unpaired) electrons. The van der Waals surface area contributed by atoms with Crippen molar-refractivity contribution in [3.05, 3.63) is 47.0 Å². The average molecular weight is 340 g/mol. The molecule has 0 N–H and O–H groups in total. The molecule has 0 spiro atoms. The van der Waals surface area contributed by atoms with Crippen molar-refractivity contribution >= 4 is 5.78 Å². The molecule has 1 aliphatic carbocycles. The normalized spacial score (nSPS) is 14.8. The smallest absolute Gasteiger partial charge is 0.167 e. The van der Waals surface area contributed by atoms with Crippen LogP contribution in [0.5, 0.6) is 5.75 Å². The molecule has 1 unspecified atom stereocenters. The lowest BCUT2D eigenvalue weighted by molar-refractivity contribution is 0.0916. The number of carbonyl (C=O) groups excluding carboxylic acids is 1. The van der Waals surface area contributed by atoms with Crippen LogP contribution >= 0.6 is 0 Å². The quantitative estimate of drug-likeness (QED) is 0.703. The second-order valence-electron chi connectivity index (χ2n) is 7.02. The summed E-state index contributed by atoms with van der Waals surface area (Å²) in [5.74, 6) is 2.09. The molecule has 25 heavy (non-hydrogen) atoms. The number of carbonyl (C=O) groups is 1. The first kappa shape index (κ1) is 17.7. The number of aromatic nitrogens is 2. The molecule has 134 valence electrons. The third kappa shape index (κ3) is 3.78. The summed E-state index contributed by atoms with van der Waals surface area (Å²) in [5.41, 5.74) is 3.37. The van der Waals surface area contributed by atoms with Gasteiger partial charge in [0.1, 0.15) is 11.6 Å². The number of ether oxygens (including phenoxy) is 1. The van der Waals surface area contributed by atoms with E-state index in [1.54, 1.807) is 6.20 Å². The number of aryl methyl sites for hydroxylation is 1. The van der Waals surface area contributed by atoms with Gasteiger partial charge in [0.05, 0.1) is 6.61 Å². The van der Waals surface area contributed by atoms with E-state index in [2.05, 4.69) is 11.9 Å². The summed E-state index contributed by atoms with van der Waals surface area (Å²) in [6.45, 7) is 7.51. The monoisotopic (exact) mass is 340 g/mol. The van der Waals surface area contributed by atoms with Crippen LogP contribution in [0, 0.1) is 12.8 Å². The molecule has 0 saturated heterocycles. The molecule has 1 atom stereocenters. The van der Waals surface area contributed by atoms with Crippen LogP contribution in [0.25, 0.3) is 0 Å². The Labute approximate surface area is 150 Å². The topological polar surface area (TPSA) is 44.1 Å². The molecule has 4 nitrogen and oxygen atoms in total. The van der Waals surface area contributed by atoms with Crippen LogP contribution in [0.1, 0.15) is 60.4 Å². The molecular weight excluding hydrogens is 312 g/mol. The lowest BCUT2D eigenvalue weighted by atomic mass is 9.84. The first-order valence-corrected chi connectivity index (χ1v) is 9.41. The van der Waals surface area contributed by atoms with E-state index >= 15 is 0 Å². The van der Waals surface area contributed by atoms with Gasteiger partial charge in [-0.3, -0.25) is 4.79 Å². The number of fused-ring (bicyclic) bond motifs is 1. The second-order valence-corrected chi connectivity index (χ2v) is 7.02. The molecule has 0 aliphatic heterocycles. The molecule has 0 saturated carbocycles. The predicted octanol–water partition coefficient (Wildman–Crippen LogP) is 4.38. The van der Waals surface area contributed by atoms with Crippen molar-refractivity contribution in [3.8, 4) is 5.75 Å². The van der Waals surface area contributed by atoms with Gasteiger partial charge in [0.2, 0.25) is 0 Å². The number of ketones is 1. The van der Waals surface area contributed by atoms with Gasteiger partial charge >= 0.3 is 0 Å². The maximum Gasteiger partial charge on any atom is 0.167 e. The standard InChI is InChI=1S/C21H28N2O2/c1-4-13-25-20-10-9-19(17-7-5-6-8-18(17)20)21(24)15(2)14-23-12-11-22-16(23)3/h9-12,15H,4-8,13-14H2,1-3H3. The molecule has 4 heteroatoms. The third-order valence-electron chi connectivity index (χ3n) is 5.06. The molecule has 1 aliphatic rings. The van der Waals surface area contributed by atoms with Gasteiger partial charge in [-0.25, -0.2) is 4.98 Å². The van der Waals surface area contributed by atoms with Crippen molar-refractivity contribution in [3.63, 3.8) is 0 Å². The summed E-state index contributed by atoms with van der Waals surface area (Å²) in [6.07, 6.45) is 9.05. The zero-order valence-electron chi connectivity index (χ0n) is 15.5. The van der Waals surface area contributed by atoms with Crippen molar-refractivity contribution in [2.24, 2.45) is 5.92 Å². The fourth-order valence-electron chi connectivity index (χ4n) is 3.65. The molecule has 0 amide bonds. The molecule has 2 aromatic rings. The van der Waals surface area contributed by atoms with Crippen molar-refractivity contribution in [2.75, 3.05) is 6.61 Å². The van der Waals surface area contributed by atoms with E-state index in [0.717, 1.165) is 49.4 Å². The minimum Gasteiger partial charge on any atom is -0.493 e. The van der Waals surface area contributed by atoms with Crippen LogP contribution in [-0.4, -0.2) is 21.9 Å². The fraction of sp³-hybridized carbons (Fsp3) is 0.524. The molecule has 1 heterocycles. The van der Waals surface area contributed by atoms with Crippen molar-refractivity contribution in [2.45, 2.75) is 59.4 Å². The number of Topliss-reactive ketones (excluding diaryl/α,β-unsaturated/α-hetero) is 1. The van der Waals surface area contributed by atoms with E-state index in [1.807, 2.05) is 36.7 Å². The number of nitrogens with zero attached hydrogens (tertiary/aromatic N) is 2. The van der Waals surface area contributed by atoms with Crippen molar-refractivity contribution in [1.29, 1.82) is 0 Å². The van der Waals surface area contributed by atoms with Crippen LogP contribution in [-0.2, 0) is 19.4 Å². The lowest BCUT2D eigenvalue weighted by Gasteiger charge is -2.23. The van der Waals surface area contributed by atoms with Crippen LogP contribution in [0.2, 0.25) is 0 Å². The van der Waals surface area contributed by atoms with Gasteiger partial charge < -0.3 is 9.30 Å². The zero-order valence-corrected chi connectivity index (χ0v) is 15.5. The predicted molar refractivity (Wildman–Crippen MR) is 99.3 cm³/mol. The maximum atomic E-state index is 13.1. The number of hydrogen-bond donors (Lipinski definition) is 0. The van der Waals surface area contributed by atoms with Crippen LogP contribution in [0.15, 0.2) is 24.5 Å². The maximum absolute atomic E-state index is 13.1. The summed E-state index contributed by atoms with van der Waals surface area (Å²) in [4.78, 5) is 17.4. The Balaban J connectivity index is 1.85. The van der Waals surface area contributed by atoms with Gasteiger partial charge in [0.15, 0.2) is 5.78 Å². The molecule has 3 rings (SSSR count). The average Bonchev–Trinajstić information content (AvgIpc) is 3.03. The Morgan fingerprint density at radius 1 is 1.28 bits per heavy atom. The van der Waals surface area contributed by atoms with E-state index in [9.17, 15) is 4.79 Å². The Bertz CT molecular complexity index is 748. The third-order valence-corrected chi connectivity index (χ3v) is 5.06. The van der Waals surface area contributed by atoms with Crippen LogP contribution in [0.3, 0.4) is 0 Å². The summed E-state index contributed by atoms with van der Waals surface area (Å²) in [6, 6.07) is 3.98. The summed E-state index contributed by atoms with van der Waals surface area (Å²) in [5, 5.41) is 0. The molecule has 1 aromatic carbocycles. The Morgan fingerprint density at radius 3 is 2.72 bits per heavy atom. The molecule has 0 fully saturated rings. The van der Waals surface area contributed by atoms with E-state index in [-0.39, 0.29) is 11.7 Å². The number of imidazole rings is 1.